The van der Waals surface area contributed by atoms with Crippen LogP contribution in [0.3, 0.4) is 0 Å². The fourth-order valence-electron chi connectivity index (χ4n) is 12.5. The second-order valence-electron chi connectivity index (χ2n) is 28.9. The van der Waals surface area contributed by atoms with Gasteiger partial charge in [-0.05, 0) is 138 Å². The summed E-state index contributed by atoms with van der Waals surface area (Å²) in [7, 11) is 6.45. The lowest BCUT2D eigenvalue weighted by atomic mass is 10.2. The van der Waals surface area contributed by atoms with Gasteiger partial charge in [0.2, 0.25) is 0 Å². The summed E-state index contributed by atoms with van der Waals surface area (Å²) >= 11 is 9.22. The molecule has 100 heavy (non-hydrogen) atoms. The van der Waals surface area contributed by atoms with Crippen molar-refractivity contribution < 1.29 is 55.7 Å². The zero-order valence-corrected chi connectivity index (χ0v) is 76.3. The molecule has 0 rings (SSSR count). The van der Waals surface area contributed by atoms with Gasteiger partial charge in [0.15, 0.2) is 30.7 Å². The third kappa shape index (κ3) is 66.1. The summed E-state index contributed by atoms with van der Waals surface area (Å²) in [6, 6.07) is 0. The number of carbonyl (C=O) groups excluding carboxylic acids is 6. The molecule has 12 nitrogen and oxygen atoms in total. The van der Waals surface area contributed by atoms with Crippen LogP contribution in [0.25, 0.3) is 0 Å². The van der Waals surface area contributed by atoms with Crippen LogP contribution in [0.1, 0.15) is 306 Å². The van der Waals surface area contributed by atoms with Crippen LogP contribution in [0.2, 0.25) is 0 Å². The second-order valence-corrected chi connectivity index (χ2v) is 35.8. The molecule has 1 atom stereocenters. The Bertz CT molecular complexity index is 1810. The molecule has 0 spiro atoms. The van der Waals surface area contributed by atoms with Gasteiger partial charge in [-0.15, -0.1) is 0 Å². The van der Waals surface area contributed by atoms with Crippen molar-refractivity contribution in [1.82, 2.24) is 0 Å². The molecule has 0 bridgehead atoms. The fourth-order valence-corrected chi connectivity index (χ4v) is 18.8. The molecule has 0 radical (unpaired) electrons. The summed E-state index contributed by atoms with van der Waals surface area (Å²) in [6.45, 7) is 71.9. The number of hydrogen-bond donors (Lipinski definition) is 0. The third-order valence-corrected chi connectivity index (χ3v) is 25.1. The average Bonchev–Trinajstić information content (AvgIpc) is 0.929. The molecular weight excluding hydrogens is 1360 g/mol. The maximum Gasteiger partial charge on any atom is 0.189 e. The van der Waals surface area contributed by atoms with Crippen molar-refractivity contribution >= 4 is 101 Å². The van der Waals surface area contributed by atoms with Crippen molar-refractivity contribution in [3.8, 4) is 0 Å². The molecule has 0 aliphatic heterocycles. The number of hydrogen-bond acceptors (Lipinski definition) is 12. The zero-order chi connectivity index (χ0) is 77.5. The third-order valence-electron chi connectivity index (χ3n) is 19.6. The quantitative estimate of drug-likeness (QED) is 0.0542. The summed E-state index contributed by atoms with van der Waals surface area (Å²) in [5, 5.41) is 2.25. The molecule has 1 unspecified atom stereocenters. The minimum absolute atomic E-state index is 0.357. The van der Waals surface area contributed by atoms with Crippen molar-refractivity contribution in [2.45, 2.75) is 306 Å². The molecule has 0 aromatic carbocycles. The highest BCUT2D eigenvalue weighted by molar-refractivity contribution is 8.14. The van der Waals surface area contributed by atoms with Gasteiger partial charge >= 0.3 is 0 Å². The summed E-state index contributed by atoms with van der Waals surface area (Å²) in [5.41, 5.74) is 0. The predicted molar refractivity (Wildman–Crippen MR) is 461 cm³/mol. The van der Waals surface area contributed by atoms with Gasteiger partial charge in [0, 0.05) is 38.5 Å². The molecule has 0 aromatic heterocycles. The molecule has 0 aromatic rings. The monoisotopic (exact) mass is 1530 g/mol. The number of nitrogens with zero attached hydrogens (tertiary/aromatic N) is 6. The molecular formula is C82H176N6O6S6+6. The van der Waals surface area contributed by atoms with Crippen LogP contribution < -0.4 is 0 Å². The first-order valence-electron chi connectivity index (χ1n) is 41.6. The number of thioether (sulfide) groups is 6. The molecule has 0 aliphatic rings. The van der Waals surface area contributed by atoms with Crippen LogP contribution >= 0.6 is 70.6 Å². The average molecular weight is 1530 g/mol. The van der Waals surface area contributed by atoms with Crippen molar-refractivity contribution in [1.29, 1.82) is 0 Å². The first kappa shape index (κ1) is 111. The highest BCUT2D eigenvalue weighted by atomic mass is 32.2. The first-order valence-corrected chi connectivity index (χ1v) is 47.5. The molecule has 18 heteroatoms. The lowest BCUT2D eigenvalue weighted by molar-refractivity contribution is -0.924. The molecule has 0 aliphatic carbocycles. The molecule has 600 valence electrons. The number of quaternary nitrogens is 6. The largest absolute Gasteiger partial charge is 0.330 e. The molecule has 0 amide bonds. The van der Waals surface area contributed by atoms with Crippen LogP contribution in [0.5, 0.6) is 0 Å². The van der Waals surface area contributed by atoms with Gasteiger partial charge in [0.1, 0.15) is 0 Å². The zero-order valence-electron chi connectivity index (χ0n) is 71.4. The van der Waals surface area contributed by atoms with E-state index >= 15 is 0 Å². The van der Waals surface area contributed by atoms with E-state index in [2.05, 4.69) is 167 Å². The highest BCUT2D eigenvalue weighted by Gasteiger charge is 2.28. The predicted octanol–water partition coefficient (Wildman–Crippen LogP) is 21.4. The topological polar surface area (TPSA) is 102 Å². The Morgan fingerprint density at radius 1 is 0.190 bits per heavy atom. The summed E-state index contributed by atoms with van der Waals surface area (Å²) in [5.74, 6) is 5.92. The first-order chi connectivity index (χ1) is 47.6. The Balaban J connectivity index is -0.000000266. The lowest BCUT2D eigenvalue weighted by Gasteiger charge is -2.37. The lowest BCUT2D eigenvalue weighted by Crippen LogP contribution is -2.50. The SMILES string of the molecule is CCCC(=O)SCC[N+](CC)(CCC)CCC.CCCC(=O)SCC[N+](CC)(CCC)CCC.CCCCC(=O)SCC[N+](C)(C)C.CCCCC(=O)SCC[N+](CC)(CC)CC.CCCCC(=O)SCC[N+](CC)(CCC)CCC.CCCCC(=O)SCC[N+](CC)(CCC)CCCC. The maximum absolute atomic E-state index is 11.7. The Morgan fingerprint density at radius 3 is 0.540 bits per heavy atom. The van der Waals surface area contributed by atoms with E-state index in [0.717, 1.165) is 185 Å². The van der Waals surface area contributed by atoms with E-state index in [-0.39, 0.29) is 0 Å². The van der Waals surface area contributed by atoms with E-state index in [1.165, 1.54) is 197 Å². The standard InChI is InChI=1S/C16H34NOS.C15H32NOS.2C14H30NOS.C13H28NOS.C10H22NOS/c1-5-9-11-16(18)19-15-14-17(8-4,12-7-3)13-10-6-2;1-5-9-10-15(17)18-14-13-16(8-4,11-6-2)12-7-3;2*1-5-9-14(16)17-13-12-15(8-4,10-6-2)11-7-3;1-5-9-10-13(15)16-12-11-14(6-2,7-3)8-4;1-5-6-7-10(12)13-9-8-11(2,3)4/h5-15H2,1-4H3;5-14H2,1-4H3;2*5-13H2,1-4H3;5-12H2,1-4H3;5-9H2,1-4H3/q6*+1. The second kappa shape index (κ2) is 75.7. The Kier molecular flexibility index (Phi) is 83.9. The maximum atomic E-state index is 11.7. The Hall–Kier alpha value is -0.120. The number of unbranched alkanes of at least 4 members (excludes halogenated alkanes) is 5. The smallest absolute Gasteiger partial charge is 0.189 e. The van der Waals surface area contributed by atoms with Gasteiger partial charge < -0.3 is 26.9 Å². The van der Waals surface area contributed by atoms with E-state index in [1.54, 1.807) is 47.0 Å². The van der Waals surface area contributed by atoms with Crippen molar-refractivity contribution in [3.63, 3.8) is 0 Å². The Morgan fingerprint density at radius 2 is 0.370 bits per heavy atom. The molecule has 0 heterocycles. The van der Waals surface area contributed by atoms with E-state index in [4.69, 9.17) is 0 Å². The normalized spacial score (nSPS) is 12.2. The summed E-state index contributed by atoms with van der Waals surface area (Å²) in [6.07, 6.45) is 26.3. The van der Waals surface area contributed by atoms with Gasteiger partial charge in [0.25, 0.3) is 0 Å². The van der Waals surface area contributed by atoms with Gasteiger partial charge in [0.05, 0.1) is 193 Å². The van der Waals surface area contributed by atoms with Crippen molar-refractivity contribution in [2.24, 2.45) is 0 Å². The van der Waals surface area contributed by atoms with E-state index in [1.807, 2.05) is 0 Å². The molecule has 0 fully saturated rings. The number of rotatable bonds is 58. The minimum Gasteiger partial charge on any atom is -0.330 e. The highest BCUT2D eigenvalue weighted by Crippen LogP contribution is 2.21. The van der Waals surface area contributed by atoms with E-state index in [9.17, 15) is 28.8 Å². The van der Waals surface area contributed by atoms with Gasteiger partial charge in [-0.3, -0.25) is 28.8 Å². The minimum atomic E-state index is 0.357. The van der Waals surface area contributed by atoms with Gasteiger partial charge in [-0.1, -0.05) is 200 Å². The van der Waals surface area contributed by atoms with E-state index < -0.39 is 0 Å². The summed E-state index contributed by atoms with van der Waals surface area (Å²) < 4.78 is 6.88. The van der Waals surface area contributed by atoms with Crippen molar-refractivity contribution in [3.05, 3.63) is 0 Å². The van der Waals surface area contributed by atoms with Crippen LogP contribution in [-0.2, 0) is 28.8 Å². The fraction of sp³-hybridized carbons (Fsp3) is 0.927. The number of carbonyl (C=O) groups is 6. The molecule has 0 saturated heterocycles. The Labute approximate surface area is 651 Å². The van der Waals surface area contributed by atoms with Crippen LogP contribution in [0.15, 0.2) is 0 Å². The molecule has 0 N–H and O–H groups in total. The van der Waals surface area contributed by atoms with Crippen LogP contribution in [0, 0.1) is 0 Å². The van der Waals surface area contributed by atoms with Gasteiger partial charge in [-0.2, -0.15) is 0 Å². The summed E-state index contributed by atoms with van der Waals surface area (Å²) in [4.78, 5) is 69.1. The van der Waals surface area contributed by atoms with Gasteiger partial charge in [-0.25, -0.2) is 0 Å². The molecule has 0 saturated carbocycles. The van der Waals surface area contributed by atoms with Crippen LogP contribution in [0.4, 0.5) is 0 Å². The van der Waals surface area contributed by atoms with Crippen molar-refractivity contribution in [2.75, 3.05) is 193 Å². The van der Waals surface area contributed by atoms with Crippen LogP contribution in [-0.4, -0.2) is 251 Å². The van der Waals surface area contributed by atoms with E-state index in [0.29, 0.717) is 30.7 Å².